The van der Waals surface area contributed by atoms with E-state index >= 15 is 0 Å². The van der Waals surface area contributed by atoms with E-state index in [4.69, 9.17) is 0 Å². The van der Waals surface area contributed by atoms with Crippen molar-refractivity contribution >= 4 is 31.6 Å². The van der Waals surface area contributed by atoms with Crippen LogP contribution in [0.2, 0.25) is 0 Å². The quantitative estimate of drug-likeness (QED) is 0.645. The standard InChI is InChI=1S/C20H24N2O3S2/c1-4-12-22-18-11-10-17(13-19(18)26-20(22)23)27(24,25)21-14(3)16-8-6-15(5-2)7-9-16/h6-11,13-14,21H,4-5,12H2,1-3H3/t14-/m0/s1. The molecule has 5 nitrogen and oxygen atoms in total. The number of nitrogens with one attached hydrogen (secondary N) is 1. The van der Waals surface area contributed by atoms with E-state index in [-0.39, 0.29) is 15.8 Å². The molecular weight excluding hydrogens is 380 g/mol. The number of aromatic nitrogens is 1. The zero-order chi connectivity index (χ0) is 19.6. The van der Waals surface area contributed by atoms with Gasteiger partial charge in [-0.2, -0.15) is 0 Å². The lowest BCUT2D eigenvalue weighted by molar-refractivity contribution is 0.567. The summed E-state index contributed by atoms with van der Waals surface area (Å²) < 4.78 is 30.7. The molecular formula is C20H24N2O3S2. The van der Waals surface area contributed by atoms with Crippen molar-refractivity contribution in [2.24, 2.45) is 0 Å². The fraction of sp³-hybridized carbons (Fsp3) is 0.350. The van der Waals surface area contributed by atoms with Crippen molar-refractivity contribution in [1.82, 2.24) is 9.29 Å². The number of aryl methyl sites for hydroxylation is 2. The number of thiazole rings is 1. The molecule has 1 aromatic heterocycles. The van der Waals surface area contributed by atoms with Gasteiger partial charge in [-0.15, -0.1) is 0 Å². The molecule has 0 bridgehead atoms. The molecule has 0 fully saturated rings. The Kier molecular flexibility index (Phi) is 5.83. The molecule has 27 heavy (non-hydrogen) atoms. The van der Waals surface area contributed by atoms with E-state index in [9.17, 15) is 13.2 Å². The van der Waals surface area contributed by atoms with Crippen molar-refractivity contribution in [3.8, 4) is 0 Å². The first-order valence-electron chi connectivity index (χ1n) is 9.10. The smallest absolute Gasteiger partial charge is 0.299 e. The Morgan fingerprint density at radius 2 is 1.81 bits per heavy atom. The van der Waals surface area contributed by atoms with E-state index in [0.717, 1.165) is 35.3 Å². The van der Waals surface area contributed by atoms with Gasteiger partial charge in [0.25, 0.3) is 0 Å². The molecule has 0 saturated heterocycles. The highest BCUT2D eigenvalue weighted by Gasteiger charge is 2.20. The van der Waals surface area contributed by atoms with Gasteiger partial charge in [0.05, 0.1) is 15.1 Å². The van der Waals surface area contributed by atoms with Gasteiger partial charge in [0.15, 0.2) is 0 Å². The van der Waals surface area contributed by atoms with Crippen LogP contribution < -0.4 is 9.60 Å². The Morgan fingerprint density at radius 1 is 1.11 bits per heavy atom. The predicted molar refractivity (Wildman–Crippen MR) is 111 cm³/mol. The van der Waals surface area contributed by atoms with Gasteiger partial charge in [0.1, 0.15) is 0 Å². The van der Waals surface area contributed by atoms with Crippen LogP contribution in [0.3, 0.4) is 0 Å². The van der Waals surface area contributed by atoms with Crippen LogP contribution in [0.25, 0.3) is 10.2 Å². The monoisotopic (exact) mass is 404 g/mol. The van der Waals surface area contributed by atoms with Crippen LogP contribution in [-0.2, 0) is 23.0 Å². The third kappa shape index (κ3) is 4.15. The van der Waals surface area contributed by atoms with Gasteiger partial charge in [-0.25, -0.2) is 13.1 Å². The zero-order valence-electron chi connectivity index (χ0n) is 15.7. The highest BCUT2D eigenvalue weighted by molar-refractivity contribution is 7.89. The summed E-state index contributed by atoms with van der Waals surface area (Å²) in [5.74, 6) is 0. The molecule has 0 unspecified atom stereocenters. The molecule has 0 aliphatic rings. The van der Waals surface area contributed by atoms with Crippen molar-refractivity contribution in [3.05, 3.63) is 63.3 Å². The average molecular weight is 405 g/mol. The van der Waals surface area contributed by atoms with Gasteiger partial charge in [0, 0.05) is 12.6 Å². The SMILES string of the molecule is CCCn1c(=O)sc2cc(S(=O)(=O)N[C@@H](C)c3ccc(CC)cc3)ccc21. The number of fused-ring (bicyclic) bond motifs is 1. The van der Waals surface area contributed by atoms with Crippen molar-refractivity contribution in [2.75, 3.05) is 0 Å². The Bertz CT molecular complexity index is 1100. The molecule has 1 heterocycles. The second-order valence-corrected chi connectivity index (χ2v) is 9.29. The van der Waals surface area contributed by atoms with E-state index < -0.39 is 10.0 Å². The Labute approximate surface area is 163 Å². The number of sulfonamides is 1. The van der Waals surface area contributed by atoms with Crippen molar-refractivity contribution in [1.29, 1.82) is 0 Å². The topological polar surface area (TPSA) is 68.2 Å². The third-order valence-electron chi connectivity index (χ3n) is 4.62. The molecule has 144 valence electrons. The van der Waals surface area contributed by atoms with Gasteiger partial charge in [-0.05, 0) is 49.1 Å². The molecule has 7 heteroatoms. The van der Waals surface area contributed by atoms with Crippen LogP contribution in [0.1, 0.15) is 44.4 Å². The van der Waals surface area contributed by atoms with Gasteiger partial charge in [-0.3, -0.25) is 9.36 Å². The third-order valence-corrected chi connectivity index (χ3v) is 7.10. The predicted octanol–water partition coefficient (Wildman–Crippen LogP) is 4.07. The molecule has 1 N–H and O–H groups in total. The fourth-order valence-electron chi connectivity index (χ4n) is 3.06. The molecule has 0 saturated carbocycles. The lowest BCUT2D eigenvalue weighted by Gasteiger charge is -2.15. The number of rotatable bonds is 7. The maximum Gasteiger partial charge on any atom is 0.308 e. The summed E-state index contributed by atoms with van der Waals surface area (Å²) in [4.78, 5) is 12.2. The molecule has 0 amide bonds. The molecule has 0 aliphatic carbocycles. The highest BCUT2D eigenvalue weighted by atomic mass is 32.2. The molecule has 3 rings (SSSR count). The summed E-state index contributed by atoms with van der Waals surface area (Å²) in [5, 5.41) is 0. The summed E-state index contributed by atoms with van der Waals surface area (Å²) in [6.07, 6.45) is 1.79. The van der Waals surface area contributed by atoms with Crippen LogP contribution in [0.5, 0.6) is 0 Å². The highest BCUT2D eigenvalue weighted by Crippen LogP contribution is 2.24. The largest absolute Gasteiger partial charge is 0.308 e. The maximum atomic E-state index is 12.8. The lowest BCUT2D eigenvalue weighted by Crippen LogP contribution is -2.26. The van der Waals surface area contributed by atoms with Gasteiger partial charge in [0.2, 0.25) is 10.0 Å². The van der Waals surface area contributed by atoms with E-state index in [0.29, 0.717) is 11.2 Å². The molecule has 1 atom stereocenters. The van der Waals surface area contributed by atoms with E-state index in [1.165, 1.54) is 5.56 Å². The Hall–Kier alpha value is -1.96. The second kappa shape index (κ2) is 7.96. The molecule has 3 aromatic rings. The van der Waals surface area contributed by atoms with Crippen LogP contribution in [0.4, 0.5) is 0 Å². The number of benzene rings is 2. The van der Waals surface area contributed by atoms with Crippen LogP contribution in [0.15, 0.2) is 52.2 Å². The number of hydrogen-bond donors (Lipinski definition) is 1. The second-order valence-electron chi connectivity index (χ2n) is 6.59. The van der Waals surface area contributed by atoms with Crippen molar-refractivity contribution in [2.45, 2.75) is 51.1 Å². The normalized spacial score (nSPS) is 13.1. The molecule has 0 spiro atoms. The summed E-state index contributed by atoms with van der Waals surface area (Å²) in [6, 6.07) is 12.5. The average Bonchev–Trinajstić information content (AvgIpc) is 2.96. The van der Waals surface area contributed by atoms with Crippen molar-refractivity contribution in [3.63, 3.8) is 0 Å². The minimum Gasteiger partial charge on any atom is -0.299 e. The van der Waals surface area contributed by atoms with Crippen LogP contribution in [-0.4, -0.2) is 13.0 Å². The first kappa shape index (κ1) is 19.8. The summed E-state index contributed by atoms with van der Waals surface area (Å²) in [7, 11) is -3.69. The maximum absolute atomic E-state index is 12.8. The summed E-state index contributed by atoms with van der Waals surface area (Å²) >= 11 is 1.08. The number of hydrogen-bond acceptors (Lipinski definition) is 4. The summed E-state index contributed by atoms with van der Waals surface area (Å²) in [5.41, 5.74) is 2.91. The zero-order valence-corrected chi connectivity index (χ0v) is 17.4. The first-order valence-corrected chi connectivity index (χ1v) is 11.4. The lowest BCUT2D eigenvalue weighted by atomic mass is 10.1. The Morgan fingerprint density at radius 3 is 2.44 bits per heavy atom. The van der Waals surface area contributed by atoms with E-state index in [1.807, 2.05) is 38.1 Å². The van der Waals surface area contributed by atoms with Gasteiger partial charge >= 0.3 is 4.87 Å². The van der Waals surface area contributed by atoms with Gasteiger partial charge < -0.3 is 0 Å². The minimum absolute atomic E-state index is 0.0567. The summed E-state index contributed by atoms with van der Waals surface area (Å²) in [6.45, 7) is 6.55. The van der Waals surface area contributed by atoms with Crippen LogP contribution >= 0.6 is 11.3 Å². The van der Waals surface area contributed by atoms with Gasteiger partial charge in [-0.1, -0.05) is 49.4 Å². The minimum atomic E-state index is -3.69. The van der Waals surface area contributed by atoms with E-state index in [2.05, 4.69) is 11.6 Å². The first-order chi connectivity index (χ1) is 12.9. The van der Waals surface area contributed by atoms with Crippen LogP contribution in [0, 0.1) is 0 Å². The molecule has 2 aromatic carbocycles. The fourth-order valence-corrected chi connectivity index (χ4v) is 5.35. The Balaban J connectivity index is 1.88. The number of nitrogens with zero attached hydrogens (tertiary/aromatic N) is 1. The van der Waals surface area contributed by atoms with Crippen molar-refractivity contribution < 1.29 is 8.42 Å². The molecule has 0 aliphatic heterocycles. The molecule has 0 radical (unpaired) electrons. The van der Waals surface area contributed by atoms with E-state index in [1.54, 1.807) is 22.8 Å².